The van der Waals surface area contributed by atoms with Gasteiger partial charge in [0.1, 0.15) is 17.0 Å². The van der Waals surface area contributed by atoms with E-state index < -0.39 is 5.54 Å². The Kier molecular flexibility index (Phi) is 5.40. The lowest BCUT2D eigenvalue weighted by molar-refractivity contribution is -0.134. The number of aryl methyl sites for hydroxylation is 1. The Morgan fingerprint density at radius 3 is 2.75 bits per heavy atom. The van der Waals surface area contributed by atoms with Crippen LogP contribution in [0.15, 0.2) is 45.3 Å². The fourth-order valence-electron chi connectivity index (χ4n) is 5.11. The lowest BCUT2D eigenvalue weighted by Gasteiger charge is -2.44. The molecule has 0 spiro atoms. The van der Waals surface area contributed by atoms with E-state index in [1.165, 1.54) is 6.42 Å². The Balaban J connectivity index is 1.54. The van der Waals surface area contributed by atoms with Crippen LogP contribution in [0.3, 0.4) is 0 Å². The van der Waals surface area contributed by atoms with Crippen molar-refractivity contribution >= 4 is 38.8 Å². The zero-order chi connectivity index (χ0) is 22.5. The Morgan fingerprint density at radius 1 is 1.22 bits per heavy atom. The summed E-state index contributed by atoms with van der Waals surface area (Å²) in [5, 5.41) is 3.27. The largest absolute Gasteiger partial charge is 0.460 e. The summed E-state index contributed by atoms with van der Waals surface area (Å²) in [7, 11) is 0. The number of hydrogen-bond donors (Lipinski definition) is 1. The van der Waals surface area contributed by atoms with Gasteiger partial charge in [0.2, 0.25) is 5.91 Å². The fraction of sp³-hybridized carbons (Fsp3) is 0.440. The van der Waals surface area contributed by atoms with Gasteiger partial charge in [-0.2, -0.15) is 0 Å². The van der Waals surface area contributed by atoms with E-state index in [-0.39, 0.29) is 17.9 Å². The van der Waals surface area contributed by atoms with Crippen molar-refractivity contribution < 1.29 is 14.0 Å². The molecule has 1 aromatic carbocycles. The molecule has 2 aliphatic rings. The van der Waals surface area contributed by atoms with Crippen LogP contribution in [0, 0.1) is 6.92 Å². The summed E-state index contributed by atoms with van der Waals surface area (Å²) in [6.45, 7) is 4.54. The molecule has 0 saturated heterocycles. The molecule has 1 aliphatic heterocycles. The van der Waals surface area contributed by atoms with Crippen LogP contribution in [0.1, 0.15) is 60.8 Å². The number of carbonyl (C=O) groups is 2. The molecule has 5 rings (SSSR count). The molecule has 1 saturated carbocycles. The smallest absolute Gasteiger partial charge is 0.271 e. The predicted molar refractivity (Wildman–Crippen MR) is 126 cm³/mol. The van der Waals surface area contributed by atoms with E-state index in [4.69, 9.17) is 4.42 Å². The van der Waals surface area contributed by atoms with Gasteiger partial charge in [-0.25, -0.2) is 0 Å². The number of aromatic nitrogens is 1. The zero-order valence-corrected chi connectivity index (χ0v) is 20.1. The Morgan fingerprint density at radius 2 is 2.00 bits per heavy atom. The van der Waals surface area contributed by atoms with Crippen molar-refractivity contribution in [3.8, 4) is 0 Å². The number of benzene rings is 1. The highest BCUT2D eigenvalue weighted by Crippen LogP contribution is 2.35. The van der Waals surface area contributed by atoms with Crippen LogP contribution in [-0.2, 0) is 17.9 Å². The Bertz CT molecular complexity index is 1190. The second-order valence-electron chi connectivity index (χ2n) is 9.33. The average Bonchev–Trinajstić information content (AvgIpc) is 3.28. The quantitative estimate of drug-likeness (QED) is 0.540. The van der Waals surface area contributed by atoms with Gasteiger partial charge >= 0.3 is 0 Å². The van der Waals surface area contributed by atoms with Crippen molar-refractivity contribution in [1.82, 2.24) is 14.8 Å². The number of carbonyl (C=O) groups excluding carboxylic acids is 2. The topological polar surface area (TPSA) is 67.5 Å². The summed E-state index contributed by atoms with van der Waals surface area (Å²) >= 11 is 3.52. The van der Waals surface area contributed by atoms with Gasteiger partial charge < -0.3 is 19.2 Å². The van der Waals surface area contributed by atoms with Crippen LogP contribution >= 0.6 is 15.9 Å². The molecule has 2 amide bonds. The fourth-order valence-corrected chi connectivity index (χ4v) is 5.56. The second-order valence-corrected chi connectivity index (χ2v) is 10.2. The van der Waals surface area contributed by atoms with E-state index in [0.717, 1.165) is 47.0 Å². The van der Waals surface area contributed by atoms with Crippen molar-refractivity contribution in [3.63, 3.8) is 0 Å². The molecule has 7 heteroatoms. The molecule has 3 heterocycles. The van der Waals surface area contributed by atoms with Crippen LogP contribution in [0.25, 0.3) is 11.1 Å². The van der Waals surface area contributed by atoms with Crippen LogP contribution in [0.5, 0.6) is 0 Å². The first kappa shape index (κ1) is 21.3. The zero-order valence-electron chi connectivity index (χ0n) is 18.5. The van der Waals surface area contributed by atoms with Gasteiger partial charge in [-0.3, -0.25) is 9.59 Å². The molecule has 1 aliphatic carbocycles. The Labute approximate surface area is 196 Å². The second kappa shape index (κ2) is 8.10. The maximum Gasteiger partial charge on any atom is 0.271 e. The first-order valence-corrected chi connectivity index (χ1v) is 12.1. The van der Waals surface area contributed by atoms with E-state index >= 15 is 0 Å². The number of nitrogens with one attached hydrogen (secondary N) is 1. The average molecular weight is 498 g/mol. The highest BCUT2D eigenvalue weighted by Gasteiger charge is 2.48. The van der Waals surface area contributed by atoms with Gasteiger partial charge in [0, 0.05) is 29.2 Å². The van der Waals surface area contributed by atoms with Crippen molar-refractivity contribution in [2.45, 2.75) is 70.6 Å². The SMILES string of the molecule is Cc1cc2c(cc3n2C[C@](C)(C(=O)NC2CCCCC2)N(Cc2cccc(Br)c2)C3=O)o1. The van der Waals surface area contributed by atoms with Gasteiger partial charge in [0.25, 0.3) is 5.91 Å². The third-order valence-corrected chi connectivity index (χ3v) is 7.39. The number of hydrogen-bond acceptors (Lipinski definition) is 3. The van der Waals surface area contributed by atoms with Crippen molar-refractivity contribution in [2.24, 2.45) is 0 Å². The molecule has 1 fully saturated rings. The summed E-state index contributed by atoms with van der Waals surface area (Å²) in [5.74, 6) is 0.560. The first-order valence-electron chi connectivity index (χ1n) is 11.3. The molecule has 32 heavy (non-hydrogen) atoms. The number of halogens is 1. The maximum absolute atomic E-state index is 13.7. The minimum absolute atomic E-state index is 0.0829. The van der Waals surface area contributed by atoms with Gasteiger partial charge in [0.05, 0.1) is 12.1 Å². The third-order valence-electron chi connectivity index (χ3n) is 6.90. The maximum atomic E-state index is 13.7. The van der Waals surface area contributed by atoms with Crippen molar-refractivity contribution in [2.75, 3.05) is 0 Å². The van der Waals surface area contributed by atoms with Crippen molar-refractivity contribution in [1.29, 1.82) is 0 Å². The summed E-state index contributed by atoms with van der Waals surface area (Å²) in [6, 6.07) is 11.8. The number of rotatable bonds is 4. The van der Waals surface area contributed by atoms with Crippen LogP contribution in [0.2, 0.25) is 0 Å². The lowest BCUT2D eigenvalue weighted by atomic mass is 9.91. The molecule has 3 aromatic rings. The van der Waals surface area contributed by atoms with Crippen LogP contribution in [0.4, 0.5) is 0 Å². The monoisotopic (exact) mass is 497 g/mol. The molecule has 0 unspecified atom stereocenters. The standard InChI is InChI=1S/C25H28BrN3O3/c1-16-11-20-22(32-16)13-21-23(30)29(14-17-7-6-8-18(26)12-17)25(2,15-28(20)21)24(31)27-19-9-4-3-5-10-19/h6-8,11-13,19H,3-5,9-10,14-15H2,1-2H3,(H,27,31)/t25-/m1/s1. The minimum Gasteiger partial charge on any atom is -0.460 e. The van der Waals surface area contributed by atoms with E-state index in [2.05, 4.69) is 21.2 Å². The third kappa shape index (κ3) is 3.66. The van der Waals surface area contributed by atoms with E-state index in [1.807, 2.05) is 48.7 Å². The van der Waals surface area contributed by atoms with E-state index in [9.17, 15) is 9.59 Å². The lowest BCUT2D eigenvalue weighted by Crippen LogP contribution is -2.64. The van der Waals surface area contributed by atoms with Gasteiger partial charge in [-0.1, -0.05) is 47.3 Å². The highest BCUT2D eigenvalue weighted by molar-refractivity contribution is 9.10. The first-order chi connectivity index (χ1) is 15.3. The Hall–Kier alpha value is -2.54. The highest BCUT2D eigenvalue weighted by atomic mass is 79.9. The molecule has 1 N–H and O–H groups in total. The van der Waals surface area contributed by atoms with Gasteiger partial charge in [-0.05, 0) is 44.4 Å². The summed E-state index contributed by atoms with van der Waals surface area (Å²) in [6.07, 6.45) is 5.50. The number of nitrogens with zero attached hydrogens (tertiary/aromatic N) is 2. The number of amides is 2. The molecule has 0 radical (unpaired) electrons. The molecule has 2 aromatic heterocycles. The summed E-state index contributed by atoms with van der Waals surface area (Å²) in [4.78, 5) is 29.2. The minimum atomic E-state index is -1.01. The number of fused-ring (bicyclic) bond motifs is 3. The van der Waals surface area contributed by atoms with Crippen LogP contribution < -0.4 is 5.32 Å². The van der Waals surface area contributed by atoms with E-state index in [1.54, 1.807) is 11.0 Å². The predicted octanol–water partition coefficient (Wildman–Crippen LogP) is 5.17. The molecule has 1 atom stereocenters. The van der Waals surface area contributed by atoms with Gasteiger partial charge in [0.15, 0.2) is 5.58 Å². The summed E-state index contributed by atoms with van der Waals surface area (Å²) < 4.78 is 8.69. The summed E-state index contributed by atoms with van der Waals surface area (Å²) in [5.41, 5.74) is 2.08. The molecule has 6 nitrogen and oxygen atoms in total. The van der Waals surface area contributed by atoms with Crippen molar-refractivity contribution in [3.05, 3.63) is 57.9 Å². The van der Waals surface area contributed by atoms with E-state index in [0.29, 0.717) is 24.4 Å². The number of furan rings is 1. The molecular formula is C25H28BrN3O3. The van der Waals surface area contributed by atoms with Gasteiger partial charge in [-0.15, -0.1) is 0 Å². The van der Waals surface area contributed by atoms with Crippen LogP contribution in [-0.4, -0.2) is 32.9 Å². The molecule has 0 bridgehead atoms. The molecular weight excluding hydrogens is 470 g/mol. The normalized spacial score (nSPS) is 21.7. The molecule has 168 valence electrons.